The second-order valence-corrected chi connectivity index (χ2v) is 10.8. The van der Waals surface area contributed by atoms with Crippen LogP contribution < -0.4 is 4.90 Å². The summed E-state index contributed by atoms with van der Waals surface area (Å²) >= 11 is 3.27. The molecule has 0 saturated carbocycles. The van der Waals surface area contributed by atoms with Crippen LogP contribution in [0.4, 0.5) is 10.2 Å². The van der Waals surface area contributed by atoms with Gasteiger partial charge in [-0.15, -0.1) is 0 Å². The van der Waals surface area contributed by atoms with Crippen molar-refractivity contribution < 1.29 is 17.6 Å². The molecule has 0 spiro atoms. The van der Waals surface area contributed by atoms with Crippen LogP contribution in [0.15, 0.2) is 41.3 Å². The first-order valence-electron chi connectivity index (χ1n) is 9.82. The average molecular weight is 497 g/mol. The molecule has 2 saturated heterocycles. The van der Waals surface area contributed by atoms with Gasteiger partial charge in [-0.05, 0) is 34.8 Å². The molecule has 10 heteroatoms. The van der Waals surface area contributed by atoms with Crippen LogP contribution in [0.25, 0.3) is 0 Å². The van der Waals surface area contributed by atoms with Crippen molar-refractivity contribution in [1.82, 2.24) is 14.9 Å². The summed E-state index contributed by atoms with van der Waals surface area (Å²) in [7, 11) is -3.06. The van der Waals surface area contributed by atoms with Crippen LogP contribution in [0.5, 0.6) is 0 Å². The summed E-state index contributed by atoms with van der Waals surface area (Å²) in [5.41, 5.74) is 0.448. The van der Waals surface area contributed by atoms with E-state index in [1.165, 1.54) is 6.07 Å². The molecule has 3 heterocycles. The highest BCUT2D eigenvalue weighted by molar-refractivity contribution is 9.10. The molecule has 1 aromatic heterocycles. The maximum atomic E-state index is 14.7. The Kier molecular flexibility index (Phi) is 6.06. The number of amides is 1. The molecule has 2 fully saturated rings. The summed E-state index contributed by atoms with van der Waals surface area (Å²) in [5.74, 6) is -0.0862. The normalized spacial score (nSPS) is 22.1. The number of benzene rings is 1. The van der Waals surface area contributed by atoms with Gasteiger partial charge in [0.2, 0.25) is 5.91 Å². The van der Waals surface area contributed by atoms with Gasteiger partial charge >= 0.3 is 0 Å². The van der Waals surface area contributed by atoms with E-state index in [1.54, 1.807) is 35.5 Å². The first-order chi connectivity index (χ1) is 14.3. The predicted molar refractivity (Wildman–Crippen MR) is 114 cm³/mol. The molecule has 1 amide bonds. The first kappa shape index (κ1) is 21.2. The first-order valence-corrected chi connectivity index (χ1v) is 12.4. The van der Waals surface area contributed by atoms with Gasteiger partial charge in [-0.1, -0.05) is 18.2 Å². The van der Waals surface area contributed by atoms with Crippen LogP contribution >= 0.6 is 15.9 Å². The van der Waals surface area contributed by atoms with Gasteiger partial charge < -0.3 is 9.80 Å². The summed E-state index contributed by atoms with van der Waals surface area (Å²) in [6.45, 7) is 1.32. The number of sulfone groups is 1. The van der Waals surface area contributed by atoms with Gasteiger partial charge in [0.1, 0.15) is 26.1 Å². The second kappa shape index (κ2) is 8.58. The van der Waals surface area contributed by atoms with E-state index in [2.05, 4.69) is 25.9 Å². The van der Waals surface area contributed by atoms with Gasteiger partial charge in [-0.2, -0.15) is 0 Å². The highest BCUT2D eigenvalue weighted by Gasteiger charge is 2.38. The van der Waals surface area contributed by atoms with Crippen molar-refractivity contribution in [2.75, 3.05) is 36.0 Å². The number of rotatable bonds is 3. The Morgan fingerprint density at radius 1 is 1.10 bits per heavy atom. The van der Waals surface area contributed by atoms with Crippen molar-refractivity contribution in [3.8, 4) is 0 Å². The largest absolute Gasteiger partial charge is 0.351 e. The van der Waals surface area contributed by atoms with Crippen LogP contribution in [0, 0.1) is 11.7 Å². The lowest BCUT2D eigenvalue weighted by molar-refractivity contribution is -0.138. The van der Waals surface area contributed by atoms with Gasteiger partial charge in [-0.25, -0.2) is 22.8 Å². The fraction of sp³-hybridized carbons (Fsp3) is 0.450. The Bertz CT molecular complexity index is 1020. The molecule has 0 aliphatic carbocycles. The van der Waals surface area contributed by atoms with E-state index < -0.39 is 15.9 Å². The summed E-state index contributed by atoms with van der Waals surface area (Å²) in [6.07, 6.45) is 3.90. The lowest BCUT2D eigenvalue weighted by Gasteiger charge is -2.43. The minimum Gasteiger partial charge on any atom is -0.351 e. The number of hydrogen-bond donors (Lipinski definition) is 0. The zero-order valence-electron chi connectivity index (χ0n) is 16.2. The predicted octanol–water partition coefficient (Wildman–Crippen LogP) is 2.59. The minimum atomic E-state index is -3.06. The Morgan fingerprint density at radius 2 is 1.83 bits per heavy atom. The molecule has 1 atom stereocenters. The molecule has 160 valence electrons. The third-order valence-corrected chi connectivity index (χ3v) is 7.89. The molecule has 0 N–H and O–H groups in total. The topological polar surface area (TPSA) is 83.5 Å². The lowest BCUT2D eigenvalue weighted by Crippen LogP contribution is -2.53. The summed E-state index contributed by atoms with van der Waals surface area (Å²) < 4.78 is 38.8. The Morgan fingerprint density at radius 3 is 2.50 bits per heavy atom. The molecule has 0 bridgehead atoms. The SMILES string of the molecule is O=C(C1CCS(=O)(=O)CC1)N1CCN(c2cnc(Br)cn2)CC1c1ccccc1F. The third-order valence-electron chi connectivity index (χ3n) is 5.76. The highest BCUT2D eigenvalue weighted by Crippen LogP contribution is 2.32. The summed E-state index contributed by atoms with van der Waals surface area (Å²) in [6, 6.07) is 5.98. The van der Waals surface area contributed by atoms with Crippen LogP contribution in [0.2, 0.25) is 0 Å². The molecule has 2 aliphatic rings. The zero-order valence-corrected chi connectivity index (χ0v) is 18.6. The second-order valence-electron chi connectivity index (χ2n) is 7.64. The van der Waals surface area contributed by atoms with Crippen molar-refractivity contribution in [3.05, 3.63) is 52.6 Å². The zero-order chi connectivity index (χ0) is 21.3. The van der Waals surface area contributed by atoms with Crippen LogP contribution in [0.1, 0.15) is 24.4 Å². The number of halogens is 2. The number of carbonyl (C=O) groups is 1. The van der Waals surface area contributed by atoms with E-state index in [-0.39, 0.29) is 29.1 Å². The van der Waals surface area contributed by atoms with Crippen molar-refractivity contribution in [3.63, 3.8) is 0 Å². The van der Waals surface area contributed by atoms with Crippen molar-refractivity contribution in [1.29, 1.82) is 0 Å². The molecule has 0 radical (unpaired) electrons. The maximum Gasteiger partial charge on any atom is 0.226 e. The van der Waals surface area contributed by atoms with E-state index in [0.717, 1.165) is 0 Å². The number of nitrogens with zero attached hydrogens (tertiary/aromatic N) is 4. The molecule has 1 aromatic carbocycles. The fourth-order valence-corrected chi connectivity index (χ4v) is 5.80. The van der Waals surface area contributed by atoms with Gasteiger partial charge in [0, 0.05) is 31.1 Å². The monoisotopic (exact) mass is 496 g/mol. The number of hydrogen-bond acceptors (Lipinski definition) is 6. The van der Waals surface area contributed by atoms with E-state index in [0.29, 0.717) is 48.5 Å². The Hall–Kier alpha value is -2.07. The smallest absolute Gasteiger partial charge is 0.226 e. The third kappa shape index (κ3) is 4.49. The lowest BCUT2D eigenvalue weighted by atomic mass is 9.96. The van der Waals surface area contributed by atoms with Crippen molar-refractivity contribution >= 4 is 37.5 Å². The molecule has 2 aromatic rings. The standard InChI is InChI=1S/C20H22BrFN4O3S/c21-18-11-24-19(12-23-18)25-7-8-26(17(13-25)15-3-1-2-4-16(15)22)20(27)14-5-9-30(28,29)10-6-14/h1-4,11-12,14,17H,5-10,13H2. The van der Waals surface area contributed by atoms with Gasteiger partial charge in [0.15, 0.2) is 0 Å². The number of anilines is 1. The molecule has 1 unspecified atom stereocenters. The quantitative estimate of drug-likeness (QED) is 0.649. The molecule has 4 rings (SSSR count). The van der Waals surface area contributed by atoms with E-state index in [4.69, 9.17) is 0 Å². The van der Waals surface area contributed by atoms with E-state index >= 15 is 0 Å². The molecule has 7 nitrogen and oxygen atoms in total. The molecule has 30 heavy (non-hydrogen) atoms. The average Bonchev–Trinajstić information content (AvgIpc) is 2.74. The maximum absolute atomic E-state index is 14.7. The van der Waals surface area contributed by atoms with Crippen molar-refractivity contribution in [2.45, 2.75) is 18.9 Å². The summed E-state index contributed by atoms with van der Waals surface area (Å²) in [5, 5.41) is 0. The number of carbonyl (C=O) groups excluding carboxylic acids is 1. The number of aromatic nitrogens is 2. The Balaban J connectivity index is 1.60. The van der Waals surface area contributed by atoms with E-state index in [9.17, 15) is 17.6 Å². The summed E-state index contributed by atoms with van der Waals surface area (Å²) in [4.78, 5) is 25.6. The van der Waals surface area contributed by atoms with Gasteiger partial charge in [0.25, 0.3) is 0 Å². The number of piperazine rings is 1. The van der Waals surface area contributed by atoms with Crippen molar-refractivity contribution in [2.24, 2.45) is 5.92 Å². The van der Waals surface area contributed by atoms with Gasteiger partial charge in [-0.3, -0.25) is 4.79 Å². The van der Waals surface area contributed by atoms with Crippen LogP contribution in [-0.4, -0.2) is 60.3 Å². The Labute approximate surface area is 183 Å². The highest BCUT2D eigenvalue weighted by atomic mass is 79.9. The van der Waals surface area contributed by atoms with Crippen LogP contribution in [0.3, 0.4) is 0 Å². The van der Waals surface area contributed by atoms with E-state index in [1.807, 2.05) is 4.90 Å². The molecular weight excluding hydrogens is 475 g/mol. The van der Waals surface area contributed by atoms with Gasteiger partial charge in [0.05, 0.1) is 29.9 Å². The molecule has 2 aliphatic heterocycles. The minimum absolute atomic E-state index is 0.0300. The van der Waals surface area contributed by atoms with Crippen LogP contribution in [-0.2, 0) is 14.6 Å². The molecular formula is C20H22BrFN4O3S. The fourth-order valence-electron chi connectivity index (χ4n) is 4.11.